The number of aryl methyl sites for hydroxylation is 2. The molecule has 164 valence electrons. The summed E-state index contributed by atoms with van der Waals surface area (Å²) in [5, 5.41) is 5.06. The molecule has 0 fully saturated rings. The molecular formula is C27H27BrN2O2. The summed E-state index contributed by atoms with van der Waals surface area (Å²) in [6.07, 6.45) is 1.02. The molecule has 0 saturated heterocycles. The highest BCUT2D eigenvalue weighted by Crippen LogP contribution is 2.41. The third kappa shape index (κ3) is 3.80. The number of aromatic nitrogens is 1. The van der Waals surface area contributed by atoms with Gasteiger partial charge in [-0.15, -0.1) is 0 Å². The molecule has 4 nitrogen and oxygen atoms in total. The van der Waals surface area contributed by atoms with Crippen molar-refractivity contribution in [2.75, 3.05) is 13.7 Å². The van der Waals surface area contributed by atoms with Crippen molar-refractivity contribution in [3.8, 4) is 11.5 Å². The molecule has 1 aliphatic rings. The zero-order chi connectivity index (χ0) is 22.2. The lowest BCUT2D eigenvalue weighted by Crippen LogP contribution is -2.30. The van der Waals surface area contributed by atoms with E-state index in [0.29, 0.717) is 6.61 Å². The second-order valence-electron chi connectivity index (χ2n) is 8.46. The van der Waals surface area contributed by atoms with Crippen molar-refractivity contribution in [3.05, 3.63) is 92.6 Å². The molecule has 0 bridgehead atoms. The van der Waals surface area contributed by atoms with E-state index in [1.807, 2.05) is 24.3 Å². The van der Waals surface area contributed by atoms with E-state index in [4.69, 9.17) is 9.47 Å². The summed E-state index contributed by atoms with van der Waals surface area (Å²) in [4.78, 5) is 3.72. The van der Waals surface area contributed by atoms with Crippen LogP contribution in [-0.4, -0.2) is 18.6 Å². The first kappa shape index (κ1) is 21.1. The van der Waals surface area contributed by atoms with Crippen molar-refractivity contribution in [2.45, 2.75) is 32.9 Å². The molecule has 0 aliphatic carbocycles. The number of hydrogen-bond acceptors (Lipinski definition) is 3. The lowest BCUT2D eigenvalue weighted by Gasteiger charge is -2.26. The summed E-state index contributed by atoms with van der Waals surface area (Å²) in [6, 6.07) is 18.8. The van der Waals surface area contributed by atoms with Crippen molar-refractivity contribution in [2.24, 2.45) is 0 Å². The molecule has 0 spiro atoms. The average Bonchev–Trinajstić information content (AvgIpc) is 3.17. The molecule has 0 amide bonds. The Morgan fingerprint density at radius 1 is 1.03 bits per heavy atom. The number of ether oxygens (including phenoxy) is 2. The molecule has 1 aromatic heterocycles. The molecule has 1 aliphatic heterocycles. The first-order chi connectivity index (χ1) is 15.5. The van der Waals surface area contributed by atoms with E-state index in [1.165, 1.54) is 33.3 Å². The number of rotatable bonds is 5. The van der Waals surface area contributed by atoms with E-state index in [-0.39, 0.29) is 6.04 Å². The predicted molar refractivity (Wildman–Crippen MR) is 133 cm³/mol. The average molecular weight is 491 g/mol. The second kappa shape index (κ2) is 8.64. The van der Waals surface area contributed by atoms with Crippen LogP contribution >= 0.6 is 15.9 Å². The normalized spacial score (nSPS) is 15.6. The van der Waals surface area contributed by atoms with Gasteiger partial charge < -0.3 is 19.8 Å². The highest BCUT2D eigenvalue weighted by atomic mass is 79.9. The first-order valence-electron chi connectivity index (χ1n) is 10.9. The topological polar surface area (TPSA) is 46.3 Å². The fraction of sp³-hybridized carbons (Fsp3) is 0.259. The number of hydrogen-bond donors (Lipinski definition) is 2. The van der Waals surface area contributed by atoms with Crippen LogP contribution in [0.25, 0.3) is 10.9 Å². The SMILES string of the molecule is COc1cc(C2NCCc3c2[nH]c2cc(C)cc(C)c32)c(Br)cc1OCc1ccccc1. The highest BCUT2D eigenvalue weighted by molar-refractivity contribution is 9.10. The number of H-pyrrole nitrogens is 1. The molecule has 0 saturated carbocycles. The molecule has 5 heteroatoms. The van der Waals surface area contributed by atoms with Gasteiger partial charge in [-0.05, 0) is 66.3 Å². The first-order valence-corrected chi connectivity index (χ1v) is 11.7. The summed E-state index contributed by atoms with van der Waals surface area (Å²) in [7, 11) is 1.69. The summed E-state index contributed by atoms with van der Waals surface area (Å²) < 4.78 is 12.8. The Hall–Kier alpha value is -2.76. The molecule has 1 unspecified atom stereocenters. The molecule has 32 heavy (non-hydrogen) atoms. The van der Waals surface area contributed by atoms with Crippen LogP contribution in [0.1, 0.15) is 39.6 Å². The van der Waals surface area contributed by atoms with Crippen LogP contribution in [0.3, 0.4) is 0 Å². The van der Waals surface area contributed by atoms with Gasteiger partial charge in [-0.2, -0.15) is 0 Å². The lowest BCUT2D eigenvalue weighted by molar-refractivity contribution is 0.284. The maximum absolute atomic E-state index is 6.10. The summed E-state index contributed by atoms with van der Waals surface area (Å²) in [5.74, 6) is 1.46. The van der Waals surface area contributed by atoms with Crippen LogP contribution in [0.15, 0.2) is 59.1 Å². The molecular weight excluding hydrogens is 464 g/mol. The second-order valence-corrected chi connectivity index (χ2v) is 9.31. The Balaban J connectivity index is 1.52. The largest absolute Gasteiger partial charge is 0.493 e. The zero-order valence-corrected chi connectivity index (χ0v) is 20.2. The Bertz CT molecular complexity index is 1280. The Morgan fingerprint density at radius 2 is 1.84 bits per heavy atom. The minimum atomic E-state index is 0.0531. The smallest absolute Gasteiger partial charge is 0.162 e. The van der Waals surface area contributed by atoms with Crippen molar-refractivity contribution >= 4 is 26.8 Å². The van der Waals surface area contributed by atoms with E-state index >= 15 is 0 Å². The van der Waals surface area contributed by atoms with Gasteiger partial charge in [0.15, 0.2) is 11.5 Å². The van der Waals surface area contributed by atoms with Gasteiger partial charge in [-0.1, -0.05) is 52.3 Å². The van der Waals surface area contributed by atoms with Gasteiger partial charge in [0.1, 0.15) is 6.61 Å². The quantitative estimate of drug-likeness (QED) is 0.341. The number of methoxy groups -OCH3 is 1. The van der Waals surface area contributed by atoms with E-state index in [0.717, 1.165) is 40.1 Å². The molecule has 0 radical (unpaired) electrons. The number of benzene rings is 3. The van der Waals surface area contributed by atoms with Gasteiger partial charge in [0.25, 0.3) is 0 Å². The van der Waals surface area contributed by atoms with Crippen molar-refractivity contribution in [1.29, 1.82) is 0 Å². The summed E-state index contributed by atoms with van der Waals surface area (Å²) in [6.45, 7) is 5.78. The molecule has 2 heterocycles. The molecule has 2 N–H and O–H groups in total. The predicted octanol–water partition coefficient (Wildman–Crippen LogP) is 6.37. The van der Waals surface area contributed by atoms with E-state index in [9.17, 15) is 0 Å². The Labute approximate surface area is 197 Å². The molecule has 4 aromatic rings. The Kier molecular flexibility index (Phi) is 5.70. The maximum atomic E-state index is 6.10. The van der Waals surface area contributed by atoms with Gasteiger partial charge in [0, 0.05) is 27.6 Å². The van der Waals surface area contributed by atoms with E-state index < -0.39 is 0 Å². The van der Waals surface area contributed by atoms with Gasteiger partial charge >= 0.3 is 0 Å². The molecule has 1 atom stereocenters. The number of aromatic amines is 1. The Morgan fingerprint density at radius 3 is 2.62 bits per heavy atom. The van der Waals surface area contributed by atoms with Gasteiger partial charge in [-0.3, -0.25) is 0 Å². The van der Waals surface area contributed by atoms with E-state index in [2.05, 4.69) is 70.4 Å². The van der Waals surface area contributed by atoms with Crippen molar-refractivity contribution < 1.29 is 9.47 Å². The summed E-state index contributed by atoms with van der Waals surface area (Å²) in [5.41, 5.74) is 8.73. The highest BCUT2D eigenvalue weighted by Gasteiger charge is 2.28. The minimum absolute atomic E-state index is 0.0531. The molecule has 3 aromatic carbocycles. The van der Waals surface area contributed by atoms with Gasteiger partial charge in [-0.25, -0.2) is 0 Å². The van der Waals surface area contributed by atoms with Crippen LogP contribution < -0.4 is 14.8 Å². The minimum Gasteiger partial charge on any atom is -0.493 e. The van der Waals surface area contributed by atoms with Crippen LogP contribution in [0.4, 0.5) is 0 Å². The third-order valence-electron chi connectivity index (χ3n) is 6.22. The van der Waals surface area contributed by atoms with E-state index in [1.54, 1.807) is 7.11 Å². The van der Waals surface area contributed by atoms with Crippen LogP contribution in [0.2, 0.25) is 0 Å². The van der Waals surface area contributed by atoms with Crippen LogP contribution in [0.5, 0.6) is 11.5 Å². The number of fused-ring (bicyclic) bond motifs is 3. The van der Waals surface area contributed by atoms with Crippen LogP contribution in [-0.2, 0) is 13.0 Å². The van der Waals surface area contributed by atoms with Gasteiger partial charge in [0.05, 0.1) is 13.2 Å². The number of nitrogens with one attached hydrogen (secondary N) is 2. The fourth-order valence-electron chi connectivity index (χ4n) is 4.82. The van der Waals surface area contributed by atoms with Crippen molar-refractivity contribution in [3.63, 3.8) is 0 Å². The van der Waals surface area contributed by atoms with Crippen LogP contribution in [0, 0.1) is 13.8 Å². The fourth-order valence-corrected chi connectivity index (χ4v) is 5.37. The zero-order valence-electron chi connectivity index (χ0n) is 18.6. The maximum Gasteiger partial charge on any atom is 0.162 e. The standard InChI is InChI=1S/C27H27BrN2O2/c1-16-11-17(2)25-19-9-10-29-26(27(19)30-22(25)12-16)20-13-23(31-3)24(14-21(20)28)32-15-18-7-5-4-6-8-18/h4-8,11-14,26,29-30H,9-10,15H2,1-3H3. The summed E-state index contributed by atoms with van der Waals surface area (Å²) >= 11 is 3.80. The van der Waals surface area contributed by atoms with Crippen molar-refractivity contribution in [1.82, 2.24) is 10.3 Å². The number of halogens is 1. The lowest BCUT2D eigenvalue weighted by atomic mass is 9.92. The monoisotopic (exact) mass is 490 g/mol. The third-order valence-corrected chi connectivity index (χ3v) is 6.91. The molecule has 5 rings (SSSR count). The van der Waals surface area contributed by atoms with Gasteiger partial charge in [0.2, 0.25) is 0 Å².